The third-order valence-electron chi connectivity index (χ3n) is 12.7. The Labute approximate surface area is 456 Å². The van der Waals surface area contributed by atoms with Gasteiger partial charge in [0.05, 0.1) is 0 Å². The molecule has 420 valence electrons. The van der Waals surface area contributed by atoms with Gasteiger partial charge < -0.3 is 14.2 Å². The van der Waals surface area contributed by atoms with E-state index in [0.717, 1.165) is 122 Å². The second kappa shape index (κ2) is 61.4. The van der Waals surface area contributed by atoms with E-state index in [-0.39, 0.29) is 31.1 Å². The van der Waals surface area contributed by atoms with E-state index in [0.29, 0.717) is 19.3 Å². The third kappa shape index (κ3) is 58.7. The molecule has 0 saturated carbocycles. The lowest BCUT2D eigenvalue weighted by atomic mass is 10.0. The Bertz CT molecular complexity index is 1550. The molecule has 0 aromatic rings. The molecule has 6 nitrogen and oxygen atoms in total. The smallest absolute Gasteiger partial charge is 0.306 e. The van der Waals surface area contributed by atoms with Crippen molar-refractivity contribution in [2.45, 2.75) is 277 Å². The maximum absolute atomic E-state index is 12.8. The van der Waals surface area contributed by atoms with Crippen LogP contribution in [0, 0.1) is 0 Å². The van der Waals surface area contributed by atoms with E-state index in [1.54, 1.807) is 0 Å². The summed E-state index contributed by atoms with van der Waals surface area (Å²) in [4.78, 5) is 38.0. The van der Waals surface area contributed by atoms with Crippen LogP contribution in [0.2, 0.25) is 0 Å². The summed E-state index contributed by atoms with van der Waals surface area (Å²) in [7, 11) is 0. The average Bonchev–Trinajstić information content (AvgIpc) is 3.40. The van der Waals surface area contributed by atoms with E-state index in [4.69, 9.17) is 14.2 Å². The van der Waals surface area contributed by atoms with Gasteiger partial charge >= 0.3 is 17.9 Å². The van der Waals surface area contributed by atoms with Crippen LogP contribution >= 0.6 is 0 Å². The predicted octanol–water partition coefficient (Wildman–Crippen LogP) is 20.8. The number of rotatable bonds is 54. The second-order valence-corrected chi connectivity index (χ2v) is 19.9. The molecule has 0 aliphatic carbocycles. The normalized spacial score (nSPS) is 13.0. The first-order valence-corrected chi connectivity index (χ1v) is 30.5. The number of esters is 3. The molecular formula is C68H112O6. The van der Waals surface area contributed by atoms with Crippen LogP contribution in [0.4, 0.5) is 0 Å². The van der Waals surface area contributed by atoms with E-state index in [9.17, 15) is 14.4 Å². The minimum absolute atomic E-state index is 0.0904. The van der Waals surface area contributed by atoms with Crippen molar-refractivity contribution in [1.82, 2.24) is 0 Å². The number of carbonyl (C=O) groups excluding carboxylic acids is 3. The SMILES string of the molecule is CC/C=C\C/C=C\C/C=C\C/C=C\C/C=C\C/C=C\C/C=C\C/C=C\C/C=C\C/C=C\CCCCC(=O)OCC(COC(=O)CCCCCCCCCC)OC(=O)CCCCCCCCCCCCCCCCC. The van der Waals surface area contributed by atoms with Gasteiger partial charge in [0.15, 0.2) is 6.10 Å². The van der Waals surface area contributed by atoms with Crippen LogP contribution in [-0.4, -0.2) is 37.2 Å². The largest absolute Gasteiger partial charge is 0.462 e. The molecular weight excluding hydrogens is 913 g/mol. The van der Waals surface area contributed by atoms with Crippen molar-refractivity contribution >= 4 is 17.9 Å². The molecule has 0 heterocycles. The van der Waals surface area contributed by atoms with E-state index >= 15 is 0 Å². The van der Waals surface area contributed by atoms with Crippen molar-refractivity contribution in [3.05, 3.63) is 122 Å². The van der Waals surface area contributed by atoms with Crippen molar-refractivity contribution < 1.29 is 28.6 Å². The lowest BCUT2D eigenvalue weighted by Crippen LogP contribution is -2.30. The Morgan fingerprint density at radius 1 is 0.284 bits per heavy atom. The Kier molecular flexibility index (Phi) is 57.9. The first kappa shape index (κ1) is 69.8. The molecule has 0 aromatic heterocycles. The van der Waals surface area contributed by atoms with Crippen LogP contribution in [0.15, 0.2) is 122 Å². The zero-order valence-electron chi connectivity index (χ0n) is 48.1. The standard InChI is InChI=1S/C68H112O6/c1-4-7-10-13-16-19-21-23-25-26-27-28-29-30-31-32-33-34-35-36-37-38-39-40-41-42-44-45-47-49-52-55-58-61-67(70)73-64-65(63-72-66(69)60-57-54-51-18-15-12-9-6-3)74-68(71)62-59-56-53-50-48-46-43-24-22-20-17-14-11-8-5-2/h7,10,16,19,23,25,27-28,30-31,33-34,36-37,39-40,42,44,47,49,65H,4-6,8-9,11-15,17-18,20-22,24,26,29,32,35,38,41,43,45-46,48,50-64H2,1-3H3/b10-7-,19-16-,25-23-,28-27-,31-30-,34-33-,37-36-,40-39-,44-42-,49-47-. The molecule has 0 spiro atoms. The highest BCUT2D eigenvalue weighted by molar-refractivity contribution is 5.71. The van der Waals surface area contributed by atoms with E-state index < -0.39 is 6.10 Å². The maximum atomic E-state index is 12.8. The van der Waals surface area contributed by atoms with Crippen LogP contribution in [0.25, 0.3) is 0 Å². The third-order valence-corrected chi connectivity index (χ3v) is 12.7. The highest BCUT2D eigenvalue weighted by Crippen LogP contribution is 2.15. The van der Waals surface area contributed by atoms with Gasteiger partial charge in [-0.25, -0.2) is 0 Å². The van der Waals surface area contributed by atoms with Gasteiger partial charge in [-0.2, -0.15) is 0 Å². The molecule has 0 fully saturated rings. The Morgan fingerprint density at radius 2 is 0.527 bits per heavy atom. The van der Waals surface area contributed by atoms with Gasteiger partial charge in [0.1, 0.15) is 13.2 Å². The molecule has 0 bridgehead atoms. The van der Waals surface area contributed by atoms with Crippen molar-refractivity contribution in [2.75, 3.05) is 13.2 Å². The fourth-order valence-corrected chi connectivity index (χ4v) is 8.18. The molecule has 1 unspecified atom stereocenters. The van der Waals surface area contributed by atoms with E-state index in [1.807, 2.05) is 0 Å². The fraction of sp³-hybridized carbons (Fsp3) is 0.662. The molecule has 0 saturated heterocycles. The summed E-state index contributed by atoms with van der Waals surface area (Å²) in [6, 6.07) is 0. The summed E-state index contributed by atoms with van der Waals surface area (Å²) in [6.45, 7) is 6.46. The number of carbonyl (C=O) groups is 3. The van der Waals surface area contributed by atoms with Crippen LogP contribution in [0.3, 0.4) is 0 Å². The molecule has 74 heavy (non-hydrogen) atoms. The van der Waals surface area contributed by atoms with Crippen LogP contribution in [0.1, 0.15) is 271 Å². The van der Waals surface area contributed by atoms with Crippen molar-refractivity contribution in [3.8, 4) is 0 Å². The minimum Gasteiger partial charge on any atom is -0.462 e. The number of allylic oxidation sites excluding steroid dienone is 20. The van der Waals surface area contributed by atoms with Crippen LogP contribution in [-0.2, 0) is 28.6 Å². The lowest BCUT2D eigenvalue weighted by Gasteiger charge is -2.18. The summed E-state index contributed by atoms with van der Waals surface area (Å²) in [5, 5.41) is 0. The highest BCUT2D eigenvalue weighted by Gasteiger charge is 2.19. The van der Waals surface area contributed by atoms with E-state index in [1.165, 1.54) is 109 Å². The van der Waals surface area contributed by atoms with Crippen molar-refractivity contribution in [2.24, 2.45) is 0 Å². The van der Waals surface area contributed by atoms with Gasteiger partial charge in [0.25, 0.3) is 0 Å². The summed E-state index contributed by atoms with van der Waals surface area (Å²) < 4.78 is 16.8. The summed E-state index contributed by atoms with van der Waals surface area (Å²) in [5.74, 6) is -0.938. The van der Waals surface area contributed by atoms with Crippen LogP contribution in [0.5, 0.6) is 0 Å². The van der Waals surface area contributed by atoms with Crippen molar-refractivity contribution in [3.63, 3.8) is 0 Å². The van der Waals surface area contributed by atoms with Crippen LogP contribution < -0.4 is 0 Å². The number of ether oxygens (including phenoxy) is 3. The molecule has 1 atom stereocenters. The second-order valence-electron chi connectivity index (χ2n) is 19.9. The Balaban J connectivity index is 4.26. The zero-order valence-corrected chi connectivity index (χ0v) is 48.1. The lowest BCUT2D eigenvalue weighted by molar-refractivity contribution is -0.167. The molecule has 0 N–H and O–H groups in total. The maximum Gasteiger partial charge on any atom is 0.306 e. The first-order valence-electron chi connectivity index (χ1n) is 30.5. The quantitative estimate of drug-likeness (QED) is 0.0261. The Hall–Kier alpha value is -4.19. The summed E-state index contributed by atoms with van der Waals surface area (Å²) in [5.41, 5.74) is 0. The van der Waals surface area contributed by atoms with E-state index in [2.05, 4.69) is 142 Å². The van der Waals surface area contributed by atoms with Gasteiger partial charge in [0, 0.05) is 19.3 Å². The molecule has 0 amide bonds. The molecule has 0 aromatic carbocycles. The van der Waals surface area contributed by atoms with Gasteiger partial charge in [-0.05, 0) is 96.3 Å². The van der Waals surface area contributed by atoms with Gasteiger partial charge in [-0.1, -0.05) is 277 Å². The number of hydrogen-bond acceptors (Lipinski definition) is 6. The van der Waals surface area contributed by atoms with Gasteiger partial charge in [0.2, 0.25) is 0 Å². The highest BCUT2D eigenvalue weighted by atomic mass is 16.6. The van der Waals surface area contributed by atoms with Gasteiger partial charge in [-0.3, -0.25) is 14.4 Å². The average molecular weight is 1030 g/mol. The minimum atomic E-state index is -0.793. The molecule has 0 rings (SSSR count). The topological polar surface area (TPSA) is 78.9 Å². The summed E-state index contributed by atoms with van der Waals surface area (Å²) in [6.07, 6.45) is 85.0. The number of hydrogen-bond donors (Lipinski definition) is 0. The molecule has 0 radical (unpaired) electrons. The number of unbranched alkanes of at least 4 members (excludes halogenated alkanes) is 23. The van der Waals surface area contributed by atoms with Gasteiger partial charge in [-0.15, -0.1) is 0 Å². The molecule has 0 aliphatic heterocycles. The fourth-order valence-electron chi connectivity index (χ4n) is 8.18. The predicted molar refractivity (Wildman–Crippen MR) is 320 cm³/mol. The molecule has 6 heteroatoms. The monoisotopic (exact) mass is 1020 g/mol. The Morgan fingerprint density at radius 3 is 0.824 bits per heavy atom. The summed E-state index contributed by atoms with van der Waals surface area (Å²) >= 11 is 0. The first-order chi connectivity index (χ1) is 36.5. The zero-order chi connectivity index (χ0) is 53.6. The van der Waals surface area contributed by atoms with Crippen molar-refractivity contribution in [1.29, 1.82) is 0 Å². The molecule has 0 aliphatic rings.